The van der Waals surface area contributed by atoms with Crippen molar-refractivity contribution in [2.45, 2.75) is 38.5 Å². The van der Waals surface area contributed by atoms with Crippen LogP contribution in [-0.2, 0) is 0 Å². The lowest BCUT2D eigenvalue weighted by Gasteiger charge is -2.56. The number of hydrogen-bond donors (Lipinski definition) is 3. The molecule has 0 radical (unpaired) electrons. The molecule has 4 bridgehead atoms. The second kappa shape index (κ2) is 9.49. The van der Waals surface area contributed by atoms with Crippen molar-refractivity contribution in [3.05, 3.63) is 28.8 Å². The monoisotopic (exact) mass is 435 g/mol. The Morgan fingerprint density at radius 1 is 1.10 bits per heavy atom. The van der Waals surface area contributed by atoms with Gasteiger partial charge in [0.25, 0.3) is 5.91 Å². The Kier molecular flexibility index (Phi) is 6.98. The van der Waals surface area contributed by atoms with Crippen molar-refractivity contribution in [3.8, 4) is 0 Å². The molecule has 0 saturated heterocycles. The van der Waals surface area contributed by atoms with Crippen LogP contribution in [-0.4, -0.2) is 44.1 Å². The van der Waals surface area contributed by atoms with E-state index in [2.05, 4.69) is 22.2 Å². The normalized spacial score (nSPS) is 29.8. The van der Waals surface area contributed by atoms with E-state index < -0.39 is 0 Å². The quantitative estimate of drug-likeness (QED) is 0.468. The number of nitrogens with one attached hydrogen (secondary N) is 3. The van der Waals surface area contributed by atoms with Crippen LogP contribution in [0.25, 0.3) is 0 Å². The van der Waals surface area contributed by atoms with Gasteiger partial charge in [-0.15, -0.1) is 0 Å². The van der Waals surface area contributed by atoms with Crippen LogP contribution in [0.4, 0.5) is 5.69 Å². The minimum atomic E-state index is -0.0347. The highest BCUT2D eigenvalue weighted by molar-refractivity contribution is 7.98. The van der Waals surface area contributed by atoms with Crippen molar-refractivity contribution in [1.82, 2.24) is 10.6 Å². The first kappa shape index (κ1) is 21.3. The summed E-state index contributed by atoms with van der Waals surface area (Å²) < 4.78 is 0. The number of anilines is 1. The summed E-state index contributed by atoms with van der Waals surface area (Å²) in [6, 6.07) is 5.66. The molecule has 5 rings (SSSR count). The van der Waals surface area contributed by atoms with Crippen molar-refractivity contribution in [2.24, 2.45) is 23.2 Å². The Morgan fingerprint density at radius 3 is 2.45 bits per heavy atom. The Hall–Kier alpha value is -0.910. The average Bonchev–Trinajstić information content (AvgIpc) is 2.69. The molecule has 4 fully saturated rings. The maximum atomic E-state index is 12.9. The van der Waals surface area contributed by atoms with Gasteiger partial charge in [0.2, 0.25) is 0 Å². The molecule has 0 atom stereocenters. The minimum absolute atomic E-state index is 0.0347. The molecule has 4 aliphatic carbocycles. The molecular weight excluding hydrogens is 402 g/mol. The molecule has 4 saturated carbocycles. The summed E-state index contributed by atoms with van der Waals surface area (Å²) >= 11 is 8.20. The van der Waals surface area contributed by atoms with Gasteiger partial charge >= 0.3 is 0 Å². The van der Waals surface area contributed by atoms with Crippen LogP contribution in [0.2, 0.25) is 5.02 Å². The highest BCUT2D eigenvalue weighted by Gasteiger charge is 2.50. The van der Waals surface area contributed by atoms with Crippen molar-refractivity contribution >= 4 is 35.0 Å². The van der Waals surface area contributed by atoms with Gasteiger partial charge in [-0.1, -0.05) is 11.6 Å². The highest BCUT2D eigenvalue weighted by atomic mass is 35.5. The third kappa shape index (κ3) is 5.23. The van der Waals surface area contributed by atoms with Gasteiger partial charge in [-0.3, -0.25) is 4.79 Å². The molecule has 4 nitrogen and oxygen atoms in total. The number of carbonyl (C=O) groups excluding carboxylic acids is 1. The van der Waals surface area contributed by atoms with E-state index in [9.17, 15) is 4.79 Å². The van der Waals surface area contributed by atoms with E-state index in [1.807, 2.05) is 30.0 Å². The van der Waals surface area contributed by atoms with Crippen LogP contribution in [0, 0.1) is 23.2 Å². The number of halogens is 1. The van der Waals surface area contributed by atoms with E-state index in [4.69, 9.17) is 11.6 Å². The molecule has 1 aromatic rings. The van der Waals surface area contributed by atoms with Gasteiger partial charge in [-0.05, 0) is 86.1 Å². The van der Waals surface area contributed by atoms with Crippen LogP contribution in [0.15, 0.2) is 18.2 Å². The van der Waals surface area contributed by atoms with Crippen molar-refractivity contribution in [1.29, 1.82) is 0 Å². The number of rotatable bonds is 10. The molecule has 0 spiro atoms. The largest absolute Gasteiger partial charge is 0.384 e. The lowest BCUT2D eigenvalue weighted by atomic mass is 9.49. The van der Waals surface area contributed by atoms with Gasteiger partial charge in [0.15, 0.2) is 0 Å². The molecule has 0 heterocycles. The van der Waals surface area contributed by atoms with Crippen LogP contribution >= 0.6 is 23.4 Å². The zero-order valence-electron chi connectivity index (χ0n) is 17.4. The molecular formula is C23H34ClN3OS. The number of carbonyl (C=O) groups is 1. The summed E-state index contributed by atoms with van der Waals surface area (Å²) in [6.07, 6.45) is 10.3. The average molecular weight is 436 g/mol. The van der Waals surface area contributed by atoms with E-state index in [1.165, 1.54) is 38.5 Å². The lowest BCUT2D eigenvalue weighted by molar-refractivity contribution is -0.0503. The lowest BCUT2D eigenvalue weighted by Crippen LogP contribution is -2.51. The minimum Gasteiger partial charge on any atom is -0.384 e. The Balaban J connectivity index is 1.30. The molecule has 0 unspecified atom stereocenters. The highest BCUT2D eigenvalue weighted by Crippen LogP contribution is 2.59. The fourth-order valence-electron chi connectivity index (χ4n) is 6.27. The fourth-order valence-corrected chi connectivity index (χ4v) is 6.83. The maximum absolute atomic E-state index is 12.9. The van der Waals surface area contributed by atoms with Gasteiger partial charge < -0.3 is 16.0 Å². The van der Waals surface area contributed by atoms with Crippen LogP contribution < -0.4 is 16.0 Å². The molecule has 1 amide bonds. The molecule has 3 N–H and O–H groups in total. The van der Waals surface area contributed by atoms with Crippen molar-refractivity contribution in [2.75, 3.05) is 43.5 Å². The number of benzene rings is 1. The molecule has 1 aromatic carbocycles. The summed E-state index contributed by atoms with van der Waals surface area (Å²) in [5, 5.41) is 10.6. The predicted molar refractivity (Wildman–Crippen MR) is 124 cm³/mol. The number of hydrogen-bond acceptors (Lipinski definition) is 4. The molecule has 29 heavy (non-hydrogen) atoms. The standard InChI is InChI=1S/C23H34ClN3OS/c1-29-7-6-25-4-5-26-19-2-3-21(24)20(11-19)22(28)27-15-23-12-16-8-17(13-23)10-18(9-16)14-23/h2-3,11,16-18,25-26H,4-10,12-15H2,1H3,(H,27,28). The zero-order valence-corrected chi connectivity index (χ0v) is 19.0. The first-order chi connectivity index (χ1) is 14.1. The molecule has 160 valence electrons. The van der Waals surface area contributed by atoms with Crippen LogP contribution in [0.1, 0.15) is 48.9 Å². The fraction of sp³-hybridized carbons (Fsp3) is 0.696. The predicted octanol–water partition coefficient (Wildman–Crippen LogP) is 4.65. The number of thioether (sulfide) groups is 1. The first-order valence-electron chi connectivity index (χ1n) is 11.1. The van der Waals surface area contributed by atoms with Gasteiger partial charge in [0.05, 0.1) is 10.6 Å². The Labute approximate surface area is 184 Å². The first-order valence-corrected chi connectivity index (χ1v) is 12.9. The van der Waals surface area contributed by atoms with E-state index in [-0.39, 0.29) is 5.91 Å². The summed E-state index contributed by atoms with van der Waals surface area (Å²) in [6.45, 7) is 3.55. The van der Waals surface area contributed by atoms with Gasteiger partial charge in [0, 0.05) is 37.6 Å². The zero-order chi connectivity index (χ0) is 20.3. The topological polar surface area (TPSA) is 53.2 Å². The second-order valence-electron chi connectivity index (χ2n) is 9.46. The summed E-state index contributed by atoms with van der Waals surface area (Å²) in [5.74, 6) is 3.79. The van der Waals surface area contributed by atoms with E-state index in [0.717, 1.165) is 55.4 Å². The Bertz CT molecular complexity index is 691. The summed E-state index contributed by atoms with van der Waals surface area (Å²) in [5.41, 5.74) is 1.87. The molecule has 0 aromatic heterocycles. The number of amides is 1. The van der Waals surface area contributed by atoms with Gasteiger partial charge in [-0.25, -0.2) is 0 Å². The SMILES string of the molecule is CSCCNCCNc1ccc(Cl)c(C(=O)NCC23CC4CC(CC(C4)C2)C3)c1. The van der Waals surface area contributed by atoms with Gasteiger partial charge in [-0.2, -0.15) is 11.8 Å². The van der Waals surface area contributed by atoms with Crippen LogP contribution in [0.5, 0.6) is 0 Å². The van der Waals surface area contributed by atoms with Crippen molar-refractivity contribution in [3.63, 3.8) is 0 Å². The maximum Gasteiger partial charge on any atom is 0.252 e. The van der Waals surface area contributed by atoms with Crippen LogP contribution in [0.3, 0.4) is 0 Å². The van der Waals surface area contributed by atoms with E-state index >= 15 is 0 Å². The molecule has 0 aliphatic heterocycles. The smallest absolute Gasteiger partial charge is 0.252 e. The second-order valence-corrected chi connectivity index (χ2v) is 10.9. The third-order valence-electron chi connectivity index (χ3n) is 7.11. The van der Waals surface area contributed by atoms with E-state index in [0.29, 0.717) is 16.0 Å². The summed E-state index contributed by atoms with van der Waals surface area (Å²) in [7, 11) is 0. The Morgan fingerprint density at radius 2 is 1.79 bits per heavy atom. The molecule has 4 aliphatic rings. The summed E-state index contributed by atoms with van der Waals surface area (Å²) in [4.78, 5) is 12.9. The van der Waals surface area contributed by atoms with Crippen molar-refractivity contribution < 1.29 is 4.79 Å². The van der Waals surface area contributed by atoms with E-state index in [1.54, 1.807) is 0 Å². The third-order valence-corrected chi connectivity index (χ3v) is 8.06. The van der Waals surface area contributed by atoms with Gasteiger partial charge in [0.1, 0.15) is 0 Å². The molecule has 6 heteroatoms.